The first-order valence-corrected chi connectivity index (χ1v) is 13.3. The molecule has 5 rings (SSSR count). The SMILES string of the molecule is C=C(NC)c1ccc2c(c1)CCc1cc(C(=O)NC)ccc1C2(C[C@@H](N)Cc1ccc(C)cc1)c1nnn[nH]1. The predicted molar refractivity (Wildman–Crippen MR) is 153 cm³/mol. The largest absolute Gasteiger partial charge is 0.388 e. The number of aromatic amines is 1. The molecule has 1 aromatic heterocycles. The lowest BCUT2D eigenvalue weighted by molar-refractivity contribution is 0.0963. The lowest BCUT2D eigenvalue weighted by Crippen LogP contribution is -2.40. The van der Waals surface area contributed by atoms with Crippen LogP contribution in [0.4, 0.5) is 0 Å². The number of amides is 1. The molecule has 1 heterocycles. The van der Waals surface area contributed by atoms with Crippen LogP contribution < -0.4 is 16.4 Å². The van der Waals surface area contributed by atoms with Crippen LogP contribution in [0.1, 0.15) is 61.5 Å². The molecule has 3 aromatic carbocycles. The second kappa shape index (κ2) is 10.8. The molecule has 1 aliphatic rings. The van der Waals surface area contributed by atoms with Crippen LogP contribution in [0.3, 0.4) is 0 Å². The maximum atomic E-state index is 12.6. The number of rotatable bonds is 8. The first kappa shape index (κ1) is 26.3. The van der Waals surface area contributed by atoms with Crippen molar-refractivity contribution in [2.45, 2.75) is 44.1 Å². The molecule has 2 atom stereocenters. The number of benzene rings is 3. The number of aromatic nitrogens is 4. The summed E-state index contributed by atoms with van der Waals surface area (Å²) in [7, 11) is 3.52. The molecule has 0 radical (unpaired) electrons. The van der Waals surface area contributed by atoms with Gasteiger partial charge in [-0.15, -0.1) is 5.10 Å². The highest BCUT2D eigenvalue weighted by atomic mass is 16.1. The van der Waals surface area contributed by atoms with Crippen LogP contribution in [0, 0.1) is 6.92 Å². The van der Waals surface area contributed by atoms with E-state index >= 15 is 0 Å². The minimum absolute atomic E-state index is 0.116. The molecule has 0 saturated heterocycles. The molecule has 8 heteroatoms. The van der Waals surface area contributed by atoms with Crippen molar-refractivity contribution in [3.8, 4) is 0 Å². The number of nitrogens with zero attached hydrogens (tertiary/aromatic N) is 3. The van der Waals surface area contributed by atoms with Gasteiger partial charge in [-0.3, -0.25) is 4.79 Å². The number of hydrogen-bond donors (Lipinski definition) is 4. The summed E-state index contributed by atoms with van der Waals surface area (Å²) in [6.45, 7) is 6.25. The predicted octanol–water partition coefficient (Wildman–Crippen LogP) is 3.45. The Labute approximate surface area is 229 Å². The van der Waals surface area contributed by atoms with Gasteiger partial charge in [0.25, 0.3) is 5.91 Å². The van der Waals surface area contributed by atoms with Crippen molar-refractivity contribution >= 4 is 11.6 Å². The fourth-order valence-corrected chi connectivity index (χ4v) is 5.87. The highest BCUT2D eigenvalue weighted by Crippen LogP contribution is 2.47. The third kappa shape index (κ3) is 4.95. The summed E-state index contributed by atoms with van der Waals surface area (Å²) in [5.74, 6) is 0.523. The number of hydrogen-bond acceptors (Lipinski definition) is 6. The third-order valence-corrected chi connectivity index (χ3v) is 7.87. The van der Waals surface area contributed by atoms with Gasteiger partial charge in [0.1, 0.15) is 0 Å². The van der Waals surface area contributed by atoms with Crippen LogP contribution in [-0.2, 0) is 24.7 Å². The van der Waals surface area contributed by atoms with Gasteiger partial charge in [-0.05, 0) is 94.6 Å². The molecular weight excluding hydrogens is 486 g/mol. The molecule has 1 aliphatic carbocycles. The topological polar surface area (TPSA) is 122 Å². The zero-order chi connectivity index (χ0) is 27.6. The normalized spacial score (nSPS) is 16.9. The zero-order valence-electron chi connectivity index (χ0n) is 22.7. The summed E-state index contributed by atoms with van der Waals surface area (Å²) in [5.41, 5.74) is 15.6. The monoisotopic (exact) mass is 521 g/mol. The molecule has 200 valence electrons. The van der Waals surface area contributed by atoms with E-state index in [0.29, 0.717) is 24.2 Å². The molecule has 39 heavy (non-hydrogen) atoms. The Bertz CT molecular complexity index is 1420. The van der Waals surface area contributed by atoms with Crippen molar-refractivity contribution in [2.75, 3.05) is 14.1 Å². The third-order valence-electron chi connectivity index (χ3n) is 7.87. The minimum Gasteiger partial charge on any atom is -0.388 e. The lowest BCUT2D eigenvalue weighted by Gasteiger charge is -2.36. The van der Waals surface area contributed by atoms with Crippen molar-refractivity contribution < 1.29 is 4.79 Å². The standard InChI is InChI=1S/C31H35N7O/c1-19-5-7-21(8-6-19)15-26(32)18-31(30-35-37-38-36-30)27-13-11-22(20(2)33-3)16-23(27)9-10-24-17-25(29(39)34-4)12-14-28(24)31/h5-8,11-14,16-17,26,33H,2,9-10,15,18,32H2,1,3-4H3,(H,34,39)(H,35,36,37,38)/t26-,31?/m0/s1. The van der Waals surface area contributed by atoms with Gasteiger partial charge >= 0.3 is 0 Å². The highest BCUT2D eigenvalue weighted by Gasteiger charge is 2.45. The van der Waals surface area contributed by atoms with E-state index in [2.05, 4.69) is 93.3 Å². The van der Waals surface area contributed by atoms with E-state index in [1.807, 2.05) is 19.2 Å². The lowest BCUT2D eigenvalue weighted by atomic mass is 9.67. The van der Waals surface area contributed by atoms with Crippen LogP contribution in [0.25, 0.3) is 5.70 Å². The van der Waals surface area contributed by atoms with E-state index in [9.17, 15) is 4.79 Å². The molecule has 0 bridgehead atoms. The van der Waals surface area contributed by atoms with E-state index in [1.54, 1.807) is 7.05 Å². The second-order valence-electron chi connectivity index (χ2n) is 10.4. The van der Waals surface area contributed by atoms with Crippen molar-refractivity contribution in [3.63, 3.8) is 0 Å². The molecular formula is C31H35N7O. The summed E-state index contributed by atoms with van der Waals surface area (Å²) in [6.07, 6.45) is 2.84. The summed E-state index contributed by atoms with van der Waals surface area (Å²) in [4.78, 5) is 12.6. The Hall–Kier alpha value is -4.30. The molecule has 0 saturated carbocycles. The zero-order valence-corrected chi connectivity index (χ0v) is 22.7. The molecule has 1 amide bonds. The molecule has 1 unspecified atom stereocenters. The highest BCUT2D eigenvalue weighted by molar-refractivity contribution is 5.94. The molecule has 0 aliphatic heterocycles. The first-order chi connectivity index (χ1) is 18.8. The summed E-state index contributed by atoms with van der Waals surface area (Å²) >= 11 is 0. The van der Waals surface area contributed by atoms with E-state index in [4.69, 9.17) is 5.73 Å². The quantitative estimate of drug-likeness (QED) is 0.282. The number of tetrazole rings is 1. The van der Waals surface area contributed by atoms with Crippen molar-refractivity contribution in [2.24, 2.45) is 5.73 Å². The Balaban J connectivity index is 1.71. The summed E-state index contributed by atoms with van der Waals surface area (Å²) in [6, 6.07) is 20.7. The van der Waals surface area contributed by atoms with Gasteiger partial charge in [0, 0.05) is 31.4 Å². The molecule has 8 nitrogen and oxygen atoms in total. The van der Waals surface area contributed by atoms with E-state index in [-0.39, 0.29) is 11.9 Å². The van der Waals surface area contributed by atoms with Gasteiger partial charge in [0.2, 0.25) is 0 Å². The maximum absolute atomic E-state index is 12.6. The average Bonchev–Trinajstić information content (AvgIpc) is 3.46. The number of nitrogens with one attached hydrogen (secondary N) is 3. The van der Waals surface area contributed by atoms with E-state index < -0.39 is 5.41 Å². The van der Waals surface area contributed by atoms with Crippen molar-refractivity contribution in [1.82, 2.24) is 31.3 Å². The van der Waals surface area contributed by atoms with Gasteiger partial charge in [0.15, 0.2) is 5.82 Å². The van der Waals surface area contributed by atoms with E-state index in [1.165, 1.54) is 16.7 Å². The first-order valence-electron chi connectivity index (χ1n) is 13.3. The smallest absolute Gasteiger partial charge is 0.251 e. The van der Waals surface area contributed by atoms with Crippen LogP contribution >= 0.6 is 0 Å². The molecule has 5 N–H and O–H groups in total. The van der Waals surface area contributed by atoms with Crippen LogP contribution in [-0.4, -0.2) is 46.7 Å². The Kier molecular flexibility index (Phi) is 7.30. The van der Waals surface area contributed by atoms with Gasteiger partial charge in [0.05, 0.1) is 5.41 Å². The number of carbonyl (C=O) groups is 1. The molecule has 0 fully saturated rings. The van der Waals surface area contributed by atoms with Gasteiger partial charge in [-0.25, -0.2) is 5.10 Å². The van der Waals surface area contributed by atoms with Crippen molar-refractivity contribution in [3.05, 3.63) is 118 Å². The molecule has 4 aromatic rings. The molecule has 0 spiro atoms. The Morgan fingerprint density at radius 3 is 2.23 bits per heavy atom. The van der Waals surface area contributed by atoms with Gasteiger partial charge < -0.3 is 16.4 Å². The number of aryl methyl sites for hydroxylation is 3. The van der Waals surface area contributed by atoms with Gasteiger partial charge in [-0.2, -0.15) is 0 Å². The van der Waals surface area contributed by atoms with Gasteiger partial charge in [-0.1, -0.05) is 54.6 Å². The summed E-state index contributed by atoms with van der Waals surface area (Å²) < 4.78 is 0. The van der Waals surface area contributed by atoms with Crippen LogP contribution in [0.5, 0.6) is 0 Å². The number of nitrogens with two attached hydrogens (primary N) is 1. The van der Waals surface area contributed by atoms with E-state index in [0.717, 1.165) is 40.8 Å². The van der Waals surface area contributed by atoms with Crippen LogP contribution in [0.2, 0.25) is 0 Å². The number of H-pyrrole nitrogens is 1. The fraction of sp³-hybridized carbons (Fsp3) is 0.290. The fourth-order valence-electron chi connectivity index (χ4n) is 5.87. The average molecular weight is 522 g/mol. The van der Waals surface area contributed by atoms with Crippen LogP contribution in [0.15, 0.2) is 67.2 Å². The Morgan fingerprint density at radius 2 is 1.64 bits per heavy atom. The number of fused-ring (bicyclic) bond motifs is 2. The number of carbonyl (C=O) groups excluding carboxylic acids is 1. The second-order valence-corrected chi connectivity index (χ2v) is 10.4. The Morgan fingerprint density at radius 1 is 1.00 bits per heavy atom. The maximum Gasteiger partial charge on any atom is 0.251 e. The minimum atomic E-state index is -0.741. The van der Waals surface area contributed by atoms with Crippen molar-refractivity contribution in [1.29, 1.82) is 0 Å². The summed E-state index contributed by atoms with van der Waals surface area (Å²) in [5, 5.41) is 21.5.